The summed E-state index contributed by atoms with van der Waals surface area (Å²) in [4.78, 5) is 11.5. The fourth-order valence-electron chi connectivity index (χ4n) is 1.41. The summed E-state index contributed by atoms with van der Waals surface area (Å²) >= 11 is 9.41. The number of halogens is 2. The van der Waals surface area contributed by atoms with E-state index in [4.69, 9.17) is 11.6 Å². The quantitative estimate of drug-likeness (QED) is 0.767. The van der Waals surface area contributed by atoms with Crippen LogP contribution in [0.5, 0.6) is 0 Å². The fraction of sp³-hybridized carbons (Fsp3) is 0.364. The molecule has 1 aromatic carbocycles. The minimum absolute atomic E-state index is 0.233. The largest absolute Gasteiger partial charge is 0.298 e. The van der Waals surface area contributed by atoms with Crippen LogP contribution in [0.2, 0.25) is 5.02 Å². The number of rotatable bonds is 3. The highest BCUT2D eigenvalue weighted by Crippen LogP contribution is 2.39. The molecule has 74 valence electrons. The first-order chi connectivity index (χ1) is 6.70. The summed E-state index contributed by atoms with van der Waals surface area (Å²) in [6, 6.07) is 7.47. The Balaban J connectivity index is 2.21. The SMILES string of the molecule is O=C(C1CC1)C(Br)c1ccccc1Cl. The Labute approximate surface area is 96.6 Å². The van der Waals surface area contributed by atoms with Crippen LogP contribution in [-0.4, -0.2) is 5.78 Å². The minimum atomic E-state index is -0.233. The van der Waals surface area contributed by atoms with E-state index in [9.17, 15) is 4.79 Å². The molecule has 0 bridgehead atoms. The van der Waals surface area contributed by atoms with Crippen molar-refractivity contribution in [3.63, 3.8) is 0 Å². The molecule has 1 aliphatic rings. The molecule has 1 fully saturated rings. The molecule has 1 atom stereocenters. The summed E-state index contributed by atoms with van der Waals surface area (Å²) in [6.07, 6.45) is 2.07. The molecule has 1 saturated carbocycles. The van der Waals surface area contributed by atoms with Crippen LogP contribution in [0.1, 0.15) is 23.2 Å². The zero-order valence-electron chi connectivity index (χ0n) is 7.54. The van der Waals surface area contributed by atoms with Crippen molar-refractivity contribution >= 4 is 33.3 Å². The van der Waals surface area contributed by atoms with Gasteiger partial charge in [-0.05, 0) is 24.5 Å². The van der Waals surface area contributed by atoms with E-state index in [0.717, 1.165) is 18.4 Å². The smallest absolute Gasteiger partial charge is 0.154 e. The molecule has 1 aromatic rings. The lowest BCUT2D eigenvalue weighted by atomic mass is 10.1. The van der Waals surface area contributed by atoms with Crippen molar-refractivity contribution in [1.82, 2.24) is 0 Å². The fourth-order valence-corrected chi connectivity index (χ4v) is 2.56. The molecule has 14 heavy (non-hydrogen) atoms. The average Bonchev–Trinajstić information content (AvgIpc) is 3.00. The van der Waals surface area contributed by atoms with Crippen LogP contribution >= 0.6 is 27.5 Å². The Bertz CT molecular complexity index is 360. The zero-order chi connectivity index (χ0) is 10.1. The number of benzene rings is 1. The maximum atomic E-state index is 11.8. The second-order valence-corrected chi connectivity index (χ2v) is 4.88. The topological polar surface area (TPSA) is 17.1 Å². The monoisotopic (exact) mass is 272 g/mol. The maximum Gasteiger partial charge on any atom is 0.154 e. The molecule has 0 aliphatic heterocycles. The molecule has 3 heteroatoms. The van der Waals surface area contributed by atoms with Crippen LogP contribution in [0, 0.1) is 5.92 Å². The van der Waals surface area contributed by atoms with Crippen molar-refractivity contribution in [2.75, 3.05) is 0 Å². The molecule has 1 aliphatic carbocycles. The summed E-state index contributed by atoms with van der Waals surface area (Å²) < 4.78 is 0. The van der Waals surface area contributed by atoms with Gasteiger partial charge in [0.05, 0.1) is 4.83 Å². The van der Waals surface area contributed by atoms with E-state index in [1.165, 1.54) is 0 Å². The zero-order valence-corrected chi connectivity index (χ0v) is 9.88. The number of alkyl halides is 1. The van der Waals surface area contributed by atoms with Gasteiger partial charge in [-0.3, -0.25) is 4.79 Å². The predicted octanol–water partition coefficient (Wildman–Crippen LogP) is 3.76. The summed E-state index contributed by atoms with van der Waals surface area (Å²) in [5, 5.41) is 0.656. The molecular formula is C11H10BrClO. The van der Waals surface area contributed by atoms with E-state index in [1.54, 1.807) is 0 Å². The predicted molar refractivity (Wildman–Crippen MR) is 60.9 cm³/mol. The molecule has 0 radical (unpaired) electrons. The maximum absolute atomic E-state index is 11.8. The van der Waals surface area contributed by atoms with E-state index < -0.39 is 0 Å². The van der Waals surface area contributed by atoms with Crippen LogP contribution in [0.25, 0.3) is 0 Å². The number of hydrogen-bond acceptors (Lipinski definition) is 1. The van der Waals surface area contributed by atoms with Gasteiger partial charge in [0.25, 0.3) is 0 Å². The summed E-state index contributed by atoms with van der Waals surface area (Å²) in [5.74, 6) is 0.522. The molecule has 2 rings (SSSR count). The van der Waals surface area contributed by atoms with Crippen molar-refractivity contribution < 1.29 is 4.79 Å². The number of carbonyl (C=O) groups is 1. The number of ketones is 1. The van der Waals surface area contributed by atoms with Gasteiger partial charge in [-0.15, -0.1) is 0 Å². The van der Waals surface area contributed by atoms with Crippen LogP contribution < -0.4 is 0 Å². The number of Topliss-reactive ketones (excluding diaryl/α,β-unsaturated/α-hetero) is 1. The first kappa shape index (κ1) is 10.2. The Morgan fingerprint density at radius 2 is 2.07 bits per heavy atom. The van der Waals surface area contributed by atoms with Gasteiger partial charge in [0, 0.05) is 10.9 Å². The summed E-state index contributed by atoms with van der Waals surface area (Å²) in [5.41, 5.74) is 0.881. The summed E-state index contributed by atoms with van der Waals surface area (Å²) in [6.45, 7) is 0. The minimum Gasteiger partial charge on any atom is -0.298 e. The molecule has 0 aromatic heterocycles. The van der Waals surface area contributed by atoms with E-state index in [-0.39, 0.29) is 16.5 Å². The van der Waals surface area contributed by atoms with Gasteiger partial charge in [0.1, 0.15) is 0 Å². The van der Waals surface area contributed by atoms with Crippen molar-refractivity contribution in [3.05, 3.63) is 34.9 Å². The van der Waals surface area contributed by atoms with Crippen molar-refractivity contribution in [3.8, 4) is 0 Å². The molecule has 1 unspecified atom stereocenters. The lowest BCUT2D eigenvalue weighted by Crippen LogP contribution is -2.08. The third kappa shape index (κ3) is 2.01. The first-order valence-electron chi connectivity index (χ1n) is 4.62. The Kier molecular flexibility index (Phi) is 2.93. The molecule has 0 spiro atoms. The van der Waals surface area contributed by atoms with Gasteiger partial charge >= 0.3 is 0 Å². The summed E-state index contributed by atoms with van der Waals surface area (Å²) in [7, 11) is 0. The van der Waals surface area contributed by atoms with E-state index >= 15 is 0 Å². The Morgan fingerprint density at radius 3 is 2.64 bits per heavy atom. The Morgan fingerprint density at radius 1 is 1.43 bits per heavy atom. The van der Waals surface area contributed by atoms with Gasteiger partial charge in [-0.25, -0.2) is 0 Å². The second kappa shape index (κ2) is 4.03. The van der Waals surface area contributed by atoms with Crippen LogP contribution in [0.3, 0.4) is 0 Å². The third-order valence-electron chi connectivity index (χ3n) is 2.41. The molecule has 0 N–H and O–H groups in total. The van der Waals surface area contributed by atoms with Gasteiger partial charge in [0.2, 0.25) is 0 Å². The van der Waals surface area contributed by atoms with Crippen LogP contribution in [0.15, 0.2) is 24.3 Å². The van der Waals surface area contributed by atoms with Crippen molar-refractivity contribution in [2.45, 2.75) is 17.7 Å². The van der Waals surface area contributed by atoms with E-state index in [1.807, 2.05) is 24.3 Å². The number of hydrogen-bond donors (Lipinski definition) is 0. The lowest BCUT2D eigenvalue weighted by molar-refractivity contribution is -0.119. The molecule has 0 heterocycles. The Hall–Kier alpha value is -0.340. The lowest BCUT2D eigenvalue weighted by Gasteiger charge is -2.09. The molecule has 0 saturated heterocycles. The van der Waals surface area contributed by atoms with Crippen molar-refractivity contribution in [2.24, 2.45) is 5.92 Å². The standard InChI is InChI=1S/C11H10BrClO/c12-10(11(14)7-5-6-7)8-3-1-2-4-9(8)13/h1-4,7,10H,5-6H2. The van der Waals surface area contributed by atoms with Gasteiger partial charge in [-0.2, -0.15) is 0 Å². The highest BCUT2D eigenvalue weighted by Gasteiger charge is 2.34. The normalized spacial score (nSPS) is 17.9. The first-order valence-corrected chi connectivity index (χ1v) is 5.91. The second-order valence-electron chi connectivity index (χ2n) is 3.56. The highest BCUT2D eigenvalue weighted by atomic mass is 79.9. The van der Waals surface area contributed by atoms with Gasteiger partial charge in [0.15, 0.2) is 5.78 Å². The molecule has 0 amide bonds. The van der Waals surface area contributed by atoms with Crippen LogP contribution in [0.4, 0.5) is 0 Å². The molecule has 1 nitrogen and oxygen atoms in total. The van der Waals surface area contributed by atoms with E-state index in [0.29, 0.717) is 5.02 Å². The van der Waals surface area contributed by atoms with Gasteiger partial charge in [-0.1, -0.05) is 45.7 Å². The third-order valence-corrected chi connectivity index (χ3v) is 3.70. The van der Waals surface area contributed by atoms with E-state index in [2.05, 4.69) is 15.9 Å². The molecular weight excluding hydrogens is 263 g/mol. The average molecular weight is 274 g/mol. The van der Waals surface area contributed by atoms with Crippen LogP contribution in [-0.2, 0) is 4.79 Å². The van der Waals surface area contributed by atoms with Crippen molar-refractivity contribution in [1.29, 1.82) is 0 Å². The van der Waals surface area contributed by atoms with Gasteiger partial charge < -0.3 is 0 Å². The highest BCUT2D eigenvalue weighted by molar-refractivity contribution is 9.09. The number of carbonyl (C=O) groups excluding carboxylic acids is 1.